The van der Waals surface area contributed by atoms with Gasteiger partial charge in [0.15, 0.2) is 0 Å². The number of alkyl halides is 6. The SMILES string of the molecule is Cc1cc(Cl)c(-c2cc(C(F)(F)F)on2)cc1S(=O)C(F)C(F)F. The van der Waals surface area contributed by atoms with Crippen LogP contribution < -0.4 is 0 Å². The van der Waals surface area contributed by atoms with Crippen molar-refractivity contribution in [3.05, 3.63) is 34.5 Å². The van der Waals surface area contributed by atoms with Crippen molar-refractivity contribution >= 4 is 22.4 Å². The van der Waals surface area contributed by atoms with Crippen molar-refractivity contribution in [2.24, 2.45) is 0 Å². The molecule has 0 fully saturated rings. The van der Waals surface area contributed by atoms with Crippen LogP contribution in [0.25, 0.3) is 11.3 Å². The van der Waals surface area contributed by atoms with E-state index in [0.29, 0.717) is 6.07 Å². The molecule has 1 aromatic heterocycles. The van der Waals surface area contributed by atoms with Gasteiger partial charge in [0.05, 0.1) is 15.8 Å². The van der Waals surface area contributed by atoms with E-state index in [0.717, 1.165) is 6.07 Å². The molecular formula is C13H8ClF6NO2S. The Hall–Kier alpha value is -1.55. The average Bonchev–Trinajstić information content (AvgIpc) is 2.95. The smallest absolute Gasteiger partial charge is 0.351 e. The van der Waals surface area contributed by atoms with Gasteiger partial charge < -0.3 is 4.52 Å². The number of hydrogen-bond acceptors (Lipinski definition) is 3. The lowest BCUT2D eigenvalue weighted by Crippen LogP contribution is -2.19. The van der Waals surface area contributed by atoms with E-state index in [1.807, 2.05) is 0 Å². The summed E-state index contributed by atoms with van der Waals surface area (Å²) in [6.07, 6.45) is -8.26. The molecule has 0 saturated carbocycles. The Bertz CT molecular complexity index is 776. The van der Waals surface area contributed by atoms with Crippen molar-refractivity contribution in [2.75, 3.05) is 0 Å². The molecule has 0 aliphatic carbocycles. The number of nitrogens with zero attached hydrogens (tertiary/aromatic N) is 1. The van der Waals surface area contributed by atoms with Gasteiger partial charge in [0.25, 0.3) is 6.43 Å². The molecule has 0 N–H and O–H groups in total. The zero-order chi connectivity index (χ0) is 18.2. The molecule has 0 aliphatic heterocycles. The van der Waals surface area contributed by atoms with Crippen LogP contribution in [-0.2, 0) is 17.0 Å². The van der Waals surface area contributed by atoms with Gasteiger partial charge in [-0.25, -0.2) is 13.2 Å². The summed E-state index contributed by atoms with van der Waals surface area (Å²) in [7, 11) is -2.73. The number of aryl methyl sites for hydroxylation is 1. The highest BCUT2D eigenvalue weighted by Gasteiger charge is 2.36. The molecule has 2 unspecified atom stereocenters. The maximum absolute atomic E-state index is 13.3. The summed E-state index contributed by atoms with van der Waals surface area (Å²) in [5.41, 5.74) is -3.30. The van der Waals surface area contributed by atoms with Crippen LogP contribution in [0.4, 0.5) is 26.3 Å². The Kier molecular flexibility index (Phi) is 5.28. The van der Waals surface area contributed by atoms with E-state index in [9.17, 15) is 30.6 Å². The van der Waals surface area contributed by atoms with Gasteiger partial charge in [-0.15, -0.1) is 0 Å². The van der Waals surface area contributed by atoms with Crippen molar-refractivity contribution in [3.8, 4) is 11.3 Å². The van der Waals surface area contributed by atoms with Gasteiger partial charge in [0, 0.05) is 16.5 Å². The maximum atomic E-state index is 13.3. The molecule has 0 amide bonds. The predicted molar refractivity (Wildman–Crippen MR) is 74.0 cm³/mol. The Morgan fingerprint density at radius 1 is 1.21 bits per heavy atom. The van der Waals surface area contributed by atoms with Crippen LogP contribution in [-0.4, -0.2) is 21.3 Å². The molecule has 0 radical (unpaired) electrons. The lowest BCUT2D eigenvalue weighted by molar-refractivity contribution is -0.155. The summed E-state index contributed by atoms with van der Waals surface area (Å²) < 4.78 is 91.7. The van der Waals surface area contributed by atoms with Gasteiger partial charge in [-0.1, -0.05) is 16.8 Å². The summed E-state index contributed by atoms with van der Waals surface area (Å²) in [4.78, 5) is -0.321. The van der Waals surface area contributed by atoms with Gasteiger partial charge in [0.2, 0.25) is 11.3 Å². The third kappa shape index (κ3) is 3.75. The van der Waals surface area contributed by atoms with E-state index in [-0.39, 0.29) is 26.7 Å². The minimum atomic E-state index is -4.78. The first-order valence-electron chi connectivity index (χ1n) is 6.19. The van der Waals surface area contributed by atoms with Crippen molar-refractivity contribution < 1.29 is 35.1 Å². The van der Waals surface area contributed by atoms with Gasteiger partial charge in [-0.3, -0.25) is 4.21 Å². The van der Waals surface area contributed by atoms with Gasteiger partial charge in [0.1, 0.15) is 5.69 Å². The summed E-state index contributed by atoms with van der Waals surface area (Å²) in [6, 6.07) is 2.67. The third-order valence-electron chi connectivity index (χ3n) is 2.95. The van der Waals surface area contributed by atoms with Crippen LogP contribution in [0.15, 0.2) is 27.6 Å². The van der Waals surface area contributed by atoms with Crippen LogP contribution in [0.3, 0.4) is 0 Å². The second kappa shape index (κ2) is 6.75. The number of benzene rings is 1. The molecule has 2 rings (SSSR count). The molecule has 0 bridgehead atoms. The standard InChI is InChI=1S/C13H8ClF6NO2S/c1-5-2-7(14)6(3-9(5)24(22)12(17)11(15)16)8-4-10(23-21-8)13(18,19)20/h2-4,11-12H,1H3. The van der Waals surface area contributed by atoms with Gasteiger partial charge in [-0.2, -0.15) is 13.2 Å². The van der Waals surface area contributed by atoms with Crippen LogP contribution in [0.5, 0.6) is 0 Å². The molecule has 0 aliphatic rings. The van der Waals surface area contributed by atoms with Crippen LogP contribution >= 0.6 is 11.6 Å². The van der Waals surface area contributed by atoms with Crippen LogP contribution in [0, 0.1) is 6.92 Å². The quantitative estimate of drug-likeness (QED) is 0.690. The second-order valence-electron chi connectivity index (χ2n) is 4.65. The number of aromatic nitrogens is 1. The first kappa shape index (κ1) is 18.8. The van der Waals surface area contributed by atoms with E-state index in [1.165, 1.54) is 13.0 Å². The molecule has 1 heterocycles. The molecule has 1 aromatic carbocycles. The highest BCUT2D eigenvalue weighted by molar-refractivity contribution is 7.85. The highest BCUT2D eigenvalue weighted by atomic mass is 35.5. The molecule has 3 nitrogen and oxygen atoms in total. The highest BCUT2D eigenvalue weighted by Crippen LogP contribution is 2.36. The van der Waals surface area contributed by atoms with E-state index >= 15 is 0 Å². The Morgan fingerprint density at radius 3 is 2.33 bits per heavy atom. The predicted octanol–water partition coefficient (Wildman–Crippen LogP) is 4.99. The van der Waals surface area contributed by atoms with E-state index in [4.69, 9.17) is 11.6 Å². The fourth-order valence-corrected chi connectivity index (χ4v) is 3.17. The normalized spacial score (nSPS) is 14.9. The second-order valence-corrected chi connectivity index (χ2v) is 6.55. The average molecular weight is 392 g/mol. The van der Waals surface area contributed by atoms with Crippen molar-refractivity contribution in [1.29, 1.82) is 0 Å². The lowest BCUT2D eigenvalue weighted by atomic mass is 10.1. The summed E-state index contributed by atoms with van der Waals surface area (Å²) >= 11 is 5.90. The monoisotopic (exact) mass is 391 g/mol. The summed E-state index contributed by atoms with van der Waals surface area (Å²) in [5.74, 6) is -1.40. The largest absolute Gasteiger partial charge is 0.452 e. The molecule has 24 heavy (non-hydrogen) atoms. The third-order valence-corrected chi connectivity index (χ3v) is 4.75. The van der Waals surface area contributed by atoms with Crippen molar-refractivity contribution in [1.82, 2.24) is 5.16 Å². The minimum Gasteiger partial charge on any atom is -0.351 e. The number of rotatable bonds is 4. The lowest BCUT2D eigenvalue weighted by Gasteiger charge is -2.12. The molecule has 132 valence electrons. The van der Waals surface area contributed by atoms with E-state index in [1.54, 1.807) is 0 Å². The molecule has 2 aromatic rings. The Morgan fingerprint density at radius 2 is 1.83 bits per heavy atom. The molecule has 0 spiro atoms. The van der Waals surface area contributed by atoms with Crippen LogP contribution in [0.1, 0.15) is 11.3 Å². The zero-order valence-electron chi connectivity index (χ0n) is 11.7. The van der Waals surface area contributed by atoms with Crippen molar-refractivity contribution in [3.63, 3.8) is 0 Å². The zero-order valence-corrected chi connectivity index (χ0v) is 13.3. The fourth-order valence-electron chi connectivity index (χ4n) is 1.82. The number of hydrogen-bond donors (Lipinski definition) is 0. The van der Waals surface area contributed by atoms with Gasteiger partial charge >= 0.3 is 6.18 Å². The summed E-state index contributed by atoms with van der Waals surface area (Å²) in [5, 5.41) is 3.12. The molecule has 11 heteroatoms. The van der Waals surface area contributed by atoms with Crippen LogP contribution in [0.2, 0.25) is 5.02 Å². The fraction of sp³-hybridized carbons (Fsp3) is 0.308. The van der Waals surface area contributed by atoms with E-state index in [2.05, 4.69) is 9.68 Å². The van der Waals surface area contributed by atoms with Gasteiger partial charge in [-0.05, 0) is 24.6 Å². The first-order chi connectivity index (χ1) is 11.0. The Balaban J connectivity index is 2.51. The maximum Gasteiger partial charge on any atom is 0.452 e. The van der Waals surface area contributed by atoms with E-state index < -0.39 is 34.7 Å². The van der Waals surface area contributed by atoms with Crippen molar-refractivity contribution in [2.45, 2.75) is 29.9 Å². The minimum absolute atomic E-state index is 0.0808. The number of halogens is 7. The topological polar surface area (TPSA) is 43.1 Å². The molecular weight excluding hydrogens is 384 g/mol. The molecule has 0 saturated heterocycles. The Labute approximate surface area is 139 Å². The summed E-state index contributed by atoms with van der Waals surface area (Å²) in [6.45, 7) is 1.35. The molecule has 2 atom stereocenters. The first-order valence-corrected chi connectivity index (χ1v) is 7.78.